The van der Waals surface area contributed by atoms with Crippen LogP contribution in [0.2, 0.25) is 0 Å². The average Bonchev–Trinajstić information content (AvgIpc) is 3.79. The van der Waals surface area contributed by atoms with E-state index < -0.39 is 70.4 Å². The molecule has 22 heteroatoms. The van der Waals surface area contributed by atoms with Crippen molar-refractivity contribution in [2.45, 2.75) is 55.6 Å². The predicted molar refractivity (Wildman–Crippen MR) is 186 cm³/mol. The summed E-state index contributed by atoms with van der Waals surface area (Å²) in [6.07, 6.45) is -1.28. The number of carboxylic acid groups (broad SMARTS) is 3. The molecule has 0 bridgehead atoms. The number of amides is 2. The normalized spacial score (nSPS) is 21.8. The summed E-state index contributed by atoms with van der Waals surface area (Å²) in [4.78, 5) is 85.8. The van der Waals surface area contributed by atoms with E-state index >= 15 is 0 Å². The van der Waals surface area contributed by atoms with E-state index in [2.05, 4.69) is 15.5 Å². The van der Waals surface area contributed by atoms with Crippen LogP contribution in [0.15, 0.2) is 38.7 Å². The Hall–Kier alpha value is -5.19. The Labute approximate surface area is 304 Å². The lowest BCUT2D eigenvalue weighted by Crippen LogP contribution is -2.71. The fourth-order valence-electron chi connectivity index (χ4n) is 6.49. The Morgan fingerprint density at radius 1 is 1.13 bits per heavy atom. The smallest absolute Gasteiger partial charge is 0.352 e. The maximum absolute atomic E-state index is 13.6. The van der Waals surface area contributed by atoms with Crippen molar-refractivity contribution in [1.29, 1.82) is 0 Å². The zero-order chi connectivity index (χ0) is 37.6. The second kappa shape index (κ2) is 14.1. The van der Waals surface area contributed by atoms with Crippen molar-refractivity contribution in [3.8, 4) is 11.5 Å². The number of phenols is 2. The molecule has 0 spiro atoms. The number of aliphatic carboxylic acids is 3. The zero-order valence-corrected chi connectivity index (χ0v) is 29.6. The number of nitrogens with one attached hydrogen (secondary N) is 1. The van der Waals surface area contributed by atoms with E-state index in [0.29, 0.717) is 27.8 Å². The number of oxime groups is 1. The quantitative estimate of drug-likeness (QED) is 0.0410. The van der Waals surface area contributed by atoms with Crippen LogP contribution in [0, 0.1) is 0 Å². The van der Waals surface area contributed by atoms with Crippen LogP contribution in [0.4, 0.5) is 5.13 Å². The number of phenolic OH excluding ortho intramolecular Hbond substituents is 2. The number of quaternary nitrogens is 1. The number of nitrogens with zero attached hydrogens (tertiary/aromatic N) is 5. The van der Waals surface area contributed by atoms with Gasteiger partial charge in [-0.25, -0.2) is 18.5 Å². The third-order valence-electron chi connectivity index (χ3n) is 8.99. The highest BCUT2D eigenvalue weighted by Crippen LogP contribution is 2.45. The molecule has 2 saturated heterocycles. The first-order valence-corrected chi connectivity index (χ1v) is 18.2. The number of thiazole rings is 1. The SMILES string of the molecule is C[C@@H]1S[C@@H]2[C@H](NC(=O)/C(=N\O[C@@H](CC(=O)O)C(=O)O)c3csc(N)n3)C(=O)N2C(C(=O)O)=C1C[N+]1(Cn2sc3cc(O)c(O)cc3c2=O)CCCC1. The fourth-order valence-corrected chi connectivity index (χ4v) is 9.61. The van der Waals surface area contributed by atoms with Crippen LogP contribution in [0.25, 0.3) is 10.1 Å². The molecular weight excluding hydrogens is 747 g/mol. The first-order valence-electron chi connectivity index (χ1n) is 15.7. The molecule has 2 amide bonds. The molecule has 52 heavy (non-hydrogen) atoms. The lowest BCUT2D eigenvalue weighted by atomic mass is 9.99. The van der Waals surface area contributed by atoms with Crippen LogP contribution >= 0.6 is 34.6 Å². The molecule has 8 N–H and O–H groups in total. The van der Waals surface area contributed by atoms with Crippen LogP contribution in [-0.2, 0) is 35.5 Å². The number of benzene rings is 1. The zero-order valence-electron chi connectivity index (χ0n) is 27.1. The molecule has 0 saturated carbocycles. The summed E-state index contributed by atoms with van der Waals surface area (Å²) >= 11 is 3.30. The third kappa shape index (κ3) is 6.88. The molecule has 5 heterocycles. The number of carboxylic acids is 3. The summed E-state index contributed by atoms with van der Waals surface area (Å²) in [5.41, 5.74) is 4.88. The molecule has 3 aliphatic rings. The minimum atomic E-state index is -1.95. The van der Waals surface area contributed by atoms with Gasteiger partial charge in [0.1, 0.15) is 29.4 Å². The van der Waals surface area contributed by atoms with Crippen LogP contribution < -0.4 is 16.6 Å². The van der Waals surface area contributed by atoms with Gasteiger partial charge in [0.25, 0.3) is 17.4 Å². The molecular formula is C30H32N7O12S3+. The number of anilines is 1. The van der Waals surface area contributed by atoms with E-state index in [1.807, 2.05) is 0 Å². The number of aromatic hydroxyl groups is 2. The number of β-lactam (4-membered cyclic amide) rings is 1. The Bertz CT molecular complexity index is 2120. The monoisotopic (exact) mass is 778 g/mol. The first-order chi connectivity index (χ1) is 24.6. The topological polar surface area (TPSA) is 284 Å². The number of likely N-dealkylation sites (tertiary alicyclic amines) is 1. The molecule has 19 nitrogen and oxygen atoms in total. The standard InChI is InChI=1S/C30H31N7O12S3/c1-12-14(9-37(4-2-3-5-37)11-35-25(43)13-6-16(38)17(39)7-19(13)52-35)23(29(47)48)36-26(44)22(27(36)51-12)33-24(42)21(15-10-50-30(31)32-15)34-49-18(28(45)46)8-20(40)41/h6-7,10,12,18,22,27H,2-5,8-9,11H2,1H3,(H7-,31,32,33,34,38,39,40,41,42,43,45,46,47,48)/p+1/t12-,18-,22+,27+/m0/s1. The van der Waals surface area contributed by atoms with Crippen molar-refractivity contribution in [2.75, 3.05) is 25.4 Å². The van der Waals surface area contributed by atoms with Crippen LogP contribution in [-0.4, -0.2) is 122 Å². The van der Waals surface area contributed by atoms with E-state index in [0.717, 1.165) is 40.6 Å². The number of hydrogen-bond donors (Lipinski definition) is 7. The van der Waals surface area contributed by atoms with E-state index in [9.17, 15) is 49.2 Å². The van der Waals surface area contributed by atoms with Gasteiger partial charge in [-0.05, 0) is 13.0 Å². The number of nitrogens with two attached hydrogens (primary N) is 1. The predicted octanol–water partition coefficient (Wildman–Crippen LogP) is 0.557. The second-order valence-electron chi connectivity index (χ2n) is 12.5. The highest BCUT2D eigenvalue weighted by Gasteiger charge is 2.57. The minimum Gasteiger partial charge on any atom is -0.504 e. The van der Waals surface area contributed by atoms with Crippen LogP contribution in [0.3, 0.4) is 0 Å². The van der Waals surface area contributed by atoms with E-state index in [1.165, 1.54) is 33.2 Å². The molecule has 2 aromatic heterocycles. The van der Waals surface area contributed by atoms with Gasteiger partial charge in [0.05, 0.1) is 29.6 Å². The highest BCUT2D eigenvalue weighted by molar-refractivity contribution is 8.00. The number of carbonyl (C=O) groups excluding carboxylic acids is 2. The van der Waals surface area contributed by atoms with Gasteiger partial charge < -0.3 is 45.9 Å². The number of carbonyl (C=O) groups is 5. The summed E-state index contributed by atoms with van der Waals surface area (Å²) in [7, 11) is 0. The van der Waals surface area contributed by atoms with Gasteiger partial charge >= 0.3 is 17.9 Å². The summed E-state index contributed by atoms with van der Waals surface area (Å²) in [5.74, 6) is -7.03. The van der Waals surface area contributed by atoms with Gasteiger partial charge in [-0.2, -0.15) is 0 Å². The van der Waals surface area contributed by atoms with Crippen molar-refractivity contribution in [2.24, 2.45) is 5.16 Å². The molecule has 0 unspecified atom stereocenters. The van der Waals surface area contributed by atoms with E-state index in [1.54, 1.807) is 6.92 Å². The van der Waals surface area contributed by atoms with Gasteiger partial charge in [-0.15, -0.1) is 23.1 Å². The summed E-state index contributed by atoms with van der Waals surface area (Å²) in [6, 6.07) is 1.30. The molecule has 2 fully saturated rings. The van der Waals surface area contributed by atoms with E-state index in [4.69, 9.17) is 15.7 Å². The number of aromatic nitrogens is 2. The average molecular weight is 779 g/mol. The molecule has 276 valence electrons. The van der Waals surface area contributed by atoms with Gasteiger partial charge in [0.2, 0.25) is 6.10 Å². The van der Waals surface area contributed by atoms with Crippen molar-refractivity contribution in [3.63, 3.8) is 0 Å². The van der Waals surface area contributed by atoms with Gasteiger partial charge in [0, 0.05) is 35.1 Å². The Balaban J connectivity index is 1.25. The van der Waals surface area contributed by atoms with Gasteiger partial charge in [-0.3, -0.25) is 24.1 Å². The number of rotatable bonds is 13. The van der Waals surface area contributed by atoms with Crippen molar-refractivity contribution < 1.29 is 58.8 Å². The molecule has 4 atom stereocenters. The van der Waals surface area contributed by atoms with Crippen molar-refractivity contribution in [3.05, 3.63) is 44.8 Å². The molecule has 0 aliphatic carbocycles. The van der Waals surface area contributed by atoms with Crippen LogP contribution in [0.5, 0.6) is 11.5 Å². The molecule has 0 radical (unpaired) electrons. The second-order valence-corrected chi connectivity index (χ2v) is 15.9. The first kappa shape index (κ1) is 36.6. The number of hydrogen-bond acceptors (Lipinski definition) is 15. The Morgan fingerprint density at radius 2 is 1.83 bits per heavy atom. The number of nitrogen functional groups attached to an aromatic ring is 1. The van der Waals surface area contributed by atoms with E-state index in [-0.39, 0.29) is 46.4 Å². The molecule has 6 rings (SSSR count). The molecule has 3 aliphatic heterocycles. The lowest BCUT2D eigenvalue weighted by Gasteiger charge is -2.51. The van der Waals surface area contributed by atoms with Crippen molar-refractivity contribution in [1.82, 2.24) is 19.2 Å². The maximum atomic E-state index is 13.6. The molecule has 3 aromatic rings. The summed E-state index contributed by atoms with van der Waals surface area (Å²) in [6.45, 7) is 3.45. The van der Waals surface area contributed by atoms with Gasteiger partial charge in [-0.1, -0.05) is 16.7 Å². The minimum absolute atomic E-state index is 0.0244. The maximum Gasteiger partial charge on any atom is 0.352 e. The highest BCUT2D eigenvalue weighted by atomic mass is 32.2. The Kier molecular flexibility index (Phi) is 9.91. The largest absolute Gasteiger partial charge is 0.504 e. The summed E-state index contributed by atoms with van der Waals surface area (Å²) in [5, 5.41) is 55.1. The van der Waals surface area contributed by atoms with Gasteiger partial charge in [0.15, 0.2) is 29.0 Å². The fraction of sp³-hybridized carbons (Fsp3) is 0.400. The summed E-state index contributed by atoms with van der Waals surface area (Å²) < 4.78 is 2.33. The number of thioether (sulfide) groups is 1. The lowest BCUT2D eigenvalue weighted by molar-refractivity contribution is -0.933. The van der Waals surface area contributed by atoms with Crippen molar-refractivity contribution >= 4 is 85.3 Å². The Morgan fingerprint density at radius 3 is 2.44 bits per heavy atom. The number of fused-ring (bicyclic) bond motifs is 2. The van der Waals surface area contributed by atoms with Crippen LogP contribution in [0.1, 0.15) is 31.9 Å². The third-order valence-corrected chi connectivity index (χ3v) is 12.2. The molecule has 1 aromatic carbocycles.